The Morgan fingerprint density at radius 1 is 0.889 bits per heavy atom. The van der Waals surface area contributed by atoms with Gasteiger partial charge in [0.25, 0.3) is 17.7 Å². The van der Waals surface area contributed by atoms with Gasteiger partial charge in [0.2, 0.25) is 0 Å². The maximum atomic E-state index is 13.7. The minimum atomic E-state index is -4.50. The molecule has 0 unspecified atom stereocenters. The second-order valence-corrected chi connectivity index (χ2v) is 13.4. The summed E-state index contributed by atoms with van der Waals surface area (Å²) in [4.78, 5) is 50.9. The van der Waals surface area contributed by atoms with Gasteiger partial charge in [0.1, 0.15) is 0 Å². The molecule has 4 aromatic rings. The molecule has 0 bridgehead atoms. The summed E-state index contributed by atoms with van der Waals surface area (Å²) < 4.78 is 50.8. The van der Waals surface area contributed by atoms with Crippen molar-refractivity contribution in [3.8, 4) is 11.3 Å². The Morgan fingerprint density at radius 2 is 1.65 bits per heavy atom. The topological polar surface area (TPSA) is 116 Å². The van der Waals surface area contributed by atoms with Crippen molar-refractivity contribution in [2.45, 2.75) is 25.7 Å². The molecule has 1 aromatic heterocycles. The summed E-state index contributed by atoms with van der Waals surface area (Å²) in [5, 5.41) is 5.67. The number of hydrogen-bond acceptors (Lipinski definition) is 8. The number of morpholine rings is 2. The summed E-state index contributed by atoms with van der Waals surface area (Å²) in [6, 6.07) is 20.0. The van der Waals surface area contributed by atoms with E-state index in [0.717, 1.165) is 37.5 Å². The Labute approximate surface area is 312 Å². The zero-order chi connectivity index (χ0) is 38.2. The molecule has 54 heavy (non-hydrogen) atoms. The Kier molecular flexibility index (Phi) is 12.3. The smallest absolute Gasteiger partial charge is 0.379 e. The lowest BCUT2D eigenvalue weighted by molar-refractivity contribution is -0.137. The number of pyridine rings is 1. The first-order chi connectivity index (χ1) is 25.9. The van der Waals surface area contributed by atoms with Crippen molar-refractivity contribution in [2.24, 2.45) is 0 Å². The molecular formula is C40H43F3N6O5. The molecule has 0 aliphatic carbocycles. The largest absolute Gasteiger partial charge is 0.416 e. The Morgan fingerprint density at radius 3 is 2.43 bits per heavy atom. The van der Waals surface area contributed by atoms with Crippen molar-refractivity contribution in [3.63, 3.8) is 0 Å². The zero-order valence-corrected chi connectivity index (χ0v) is 30.2. The van der Waals surface area contributed by atoms with Crippen molar-refractivity contribution in [2.75, 3.05) is 76.4 Å². The number of likely N-dealkylation sites (N-methyl/N-ethyl adjacent to an activating group) is 1. The lowest BCUT2D eigenvalue weighted by Crippen LogP contribution is -2.41. The third kappa shape index (κ3) is 9.81. The lowest BCUT2D eigenvalue weighted by Gasteiger charge is -2.33. The van der Waals surface area contributed by atoms with Crippen LogP contribution >= 0.6 is 0 Å². The van der Waals surface area contributed by atoms with E-state index in [2.05, 4.69) is 25.4 Å². The average Bonchev–Trinajstić information content (AvgIpc) is 3.19. The third-order valence-electron chi connectivity index (χ3n) is 9.44. The first-order valence-electron chi connectivity index (χ1n) is 17.8. The van der Waals surface area contributed by atoms with Crippen molar-refractivity contribution in [1.29, 1.82) is 0 Å². The van der Waals surface area contributed by atoms with Crippen LogP contribution < -0.4 is 15.5 Å². The molecule has 284 valence electrons. The highest BCUT2D eigenvalue weighted by atomic mass is 19.4. The maximum absolute atomic E-state index is 13.7. The van der Waals surface area contributed by atoms with Crippen LogP contribution in [0.25, 0.3) is 11.3 Å². The van der Waals surface area contributed by atoms with E-state index in [4.69, 9.17) is 9.47 Å². The van der Waals surface area contributed by atoms with Gasteiger partial charge < -0.3 is 29.9 Å². The van der Waals surface area contributed by atoms with Gasteiger partial charge >= 0.3 is 6.18 Å². The number of ether oxygens (including phenoxy) is 2. The SMILES string of the molecule is C[C@H]1CN(c2ccc(NC(=O)c3cccc(C(=O)N(C)CCN4CCOCC4)c3)c(-c3cc(C(=O)NCc4cccc(C(F)(F)F)c4)ccn3)c2)CCO1. The third-order valence-corrected chi connectivity index (χ3v) is 9.44. The number of alkyl halides is 3. The van der Waals surface area contributed by atoms with Gasteiger partial charge in [-0.2, -0.15) is 13.2 Å². The number of amides is 3. The number of aromatic nitrogens is 1. The number of halogens is 3. The monoisotopic (exact) mass is 744 g/mol. The van der Waals surface area contributed by atoms with Gasteiger partial charge in [-0.15, -0.1) is 0 Å². The standard InChI is InChI=1S/C40H43F3N6O5/c1-27-26-49(17-20-54-27)33-9-10-35(46-38(51)29-6-4-7-31(22-29)39(52)47(2)13-14-48-15-18-53-19-16-48)34(24-33)36-23-30(11-12-44-36)37(50)45-25-28-5-3-8-32(21-28)40(41,42)43/h3-12,21-24,27H,13-20,25-26H2,1-2H3,(H,45,50)(H,46,51)/t27-/m0/s1. The first kappa shape index (κ1) is 38.4. The molecule has 2 aliphatic heterocycles. The molecule has 0 saturated carbocycles. The van der Waals surface area contributed by atoms with Gasteiger partial charge in [-0.25, -0.2) is 0 Å². The van der Waals surface area contributed by atoms with E-state index in [-0.39, 0.29) is 29.7 Å². The quantitative estimate of drug-likeness (QED) is 0.205. The molecule has 3 aromatic carbocycles. The highest BCUT2D eigenvalue weighted by Gasteiger charge is 2.30. The average molecular weight is 745 g/mol. The maximum Gasteiger partial charge on any atom is 0.416 e. The number of carbonyl (C=O) groups is 3. The van der Waals surface area contributed by atoms with Gasteiger partial charge in [0.15, 0.2) is 0 Å². The van der Waals surface area contributed by atoms with Crippen LogP contribution in [0.3, 0.4) is 0 Å². The number of nitrogens with zero attached hydrogens (tertiary/aromatic N) is 4. The molecule has 3 heterocycles. The lowest BCUT2D eigenvalue weighted by atomic mass is 10.0. The molecule has 2 fully saturated rings. The second-order valence-electron chi connectivity index (χ2n) is 13.4. The zero-order valence-electron chi connectivity index (χ0n) is 30.2. The van der Waals surface area contributed by atoms with E-state index < -0.39 is 23.6 Å². The van der Waals surface area contributed by atoms with Crippen LogP contribution in [0.15, 0.2) is 85.1 Å². The summed E-state index contributed by atoms with van der Waals surface area (Å²) in [5.41, 5.74) is 2.65. The molecule has 1 atom stereocenters. The minimum Gasteiger partial charge on any atom is -0.379 e. The molecule has 11 nitrogen and oxygen atoms in total. The fourth-order valence-electron chi connectivity index (χ4n) is 6.39. The van der Waals surface area contributed by atoms with Gasteiger partial charge in [-0.3, -0.25) is 24.3 Å². The summed E-state index contributed by atoms with van der Waals surface area (Å²) in [7, 11) is 1.74. The summed E-state index contributed by atoms with van der Waals surface area (Å²) in [6.45, 7) is 7.98. The molecule has 0 radical (unpaired) electrons. The van der Waals surface area contributed by atoms with Crippen LogP contribution in [-0.4, -0.2) is 105 Å². The number of anilines is 2. The predicted molar refractivity (Wildman–Crippen MR) is 199 cm³/mol. The van der Waals surface area contributed by atoms with Crippen LogP contribution in [-0.2, 0) is 22.2 Å². The summed E-state index contributed by atoms with van der Waals surface area (Å²) in [5.74, 6) is -1.14. The van der Waals surface area contributed by atoms with E-state index in [0.29, 0.717) is 67.5 Å². The fraction of sp³-hybridized carbons (Fsp3) is 0.350. The summed E-state index contributed by atoms with van der Waals surface area (Å²) in [6.07, 6.45) is -3.02. The highest BCUT2D eigenvalue weighted by molar-refractivity contribution is 6.08. The molecule has 0 spiro atoms. The highest BCUT2D eigenvalue weighted by Crippen LogP contribution is 2.33. The van der Waals surface area contributed by atoms with E-state index in [1.54, 1.807) is 48.3 Å². The van der Waals surface area contributed by atoms with Crippen LogP contribution in [0.1, 0.15) is 49.1 Å². The van der Waals surface area contributed by atoms with E-state index in [1.807, 2.05) is 19.1 Å². The Hall–Kier alpha value is -5.31. The van der Waals surface area contributed by atoms with Crippen LogP contribution in [0.4, 0.5) is 24.5 Å². The second kappa shape index (κ2) is 17.2. The van der Waals surface area contributed by atoms with Gasteiger partial charge in [-0.1, -0.05) is 18.2 Å². The molecule has 14 heteroatoms. The molecule has 2 aliphatic rings. The van der Waals surface area contributed by atoms with Crippen molar-refractivity contribution in [1.82, 2.24) is 20.1 Å². The summed E-state index contributed by atoms with van der Waals surface area (Å²) >= 11 is 0. The predicted octanol–water partition coefficient (Wildman–Crippen LogP) is 5.58. The van der Waals surface area contributed by atoms with Gasteiger partial charge in [0.05, 0.1) is 42.9 Å². The van der Waals surface area contributed by atoms with E-state index in [9.17, 15) is 27.6 Å². The number of hydrogen-bond donors (Lipinski definition) is 2. The normalized spacial score (nSPS) is 16.5. The van der Waals surface area contributed by atoms with E-state index >= 15 is 0 Å². The Balaban J connectivity index is 1.21. The van der Waals surface area contributed by atoms with Gasteiger partial charge in [-0.05, 0) is 73.2 Å². The molecule has 2 saturated heterocycles. The van der Waals surface area contributed by atoms with Gasteiger partial charge in [0, 0.05) is 87.0 Å². The molecule has 2 N–H and O–H groups in total. The number of benzene rings is 3. The number of rotatable bonds is 11. The van der Waals surface area contributed by atoms with Crippen LogP contribution in [0.5, 0.6) is 0 Å². The van der Waals surface area contributed by atoms with E-state index in [1.165, 1.54) is 24.4 Å². The van der Waals surface area contributed by atoms with Crippen molar-refractivity contribution < 1.29 is 37.0 Å². The Bertz CT molecular complexity index is 1970. The number of nitrogens with one attached hydrogen (secondary N) is 2. The molecular weight excluding hydrogens is 701 g/mol. The van der Waals surface area contributed by atoms with Crippen LogP contribution in [0, 0.1) is 0 Å². The first-order valence-corrected chi connectivity index (χ1v) is 17.8. The van der Waals surface area contributed by atoms with Crippen molar-refractivity contribution >= 4 is 29.1 Å². The minimum absolute atomic E-state index is 0.0111. The number of carbonyl (C=O) groups excluding carboxylic acids is 3. The van der Waals surface area contributed by atoms with Crippen LogP contribution in [0.2, 0.25) is 0 Å². The van der Waals surface area contributed by atoms with Crippen molar-refractivity contribution in [3.05, 3.63) is 113 Å². The molecule has 3 amide bonds. The molecule has 6 rings (SSSR count). The fourth-order valence-corrected chi connectivity index (χ4v) is 6.39.